The molecule has 0 N–H and O–H groups in total. The highest BCUT2D eigenvalue weighted by Crippen LogP contribution is 2.94. The van der Waals surface area contributed by atoms with Gasteiger partial charge in [-0.05, 0) is 53.8 Å². The normalized spacial score (nSPS) is 98.7. The molecule has 0 radical (unpaired) electrons. The molecule has 46 valence electrons. The first-order valence-corrected chi connectivity index (χ1v) is 4.48. The van der Waals surface area contributed by atoms with Crippen molar-refractivity contribution in [3.63, 3.8) is 0 Å². The van der Waals surface area contributed by atoms with Crippen molar-refractivity contribution in [3.8, 4) is 0 Å². The van der Waals surface area contributed by atoms with E-state index in [4.69, 9.17) is 0 Å². The zero-order valence-electron chi connectivity index (χ0n) is 5.33. The average Bonchev–Trinajstić information content (AvgIpc) is 2.58. The molecule has 0 aliphatic heterocycles. The van der Waals surface area contributed by atoms with E-state index >= 15 is 0 Å². The van der Waals surface area contributed by atoms with Crippen molar-refractivity contribution in [1.82, 2.24) is 0 Å². The molecule has 0 heteroatoms. The van der Waals surface area contributed by atoms with Crippen molar-refractivity contribution in [2.24, 2.45) is 47.3 Å². The van der Waals surface area contributed by atoms with Gasteiger partial charge in [-0.1, -0.05) is 0 Å². The minimum absolute atomic E-state index is 1.29. The molecule has 0 nitrogen and oxygen atoms in total. The lowest BCUT2D eigenvalue weighted by Crippen LogP contribution is -2.41. The van der Waals surface area contributed by atoms with Crippen LogP contribution in [0.15, 0.2) is 0 Å². The summed E-state index contributed by atoms with van der Waals surface area (Å²) in [4.78, 5) is 0. The molecule has 9 heavy (non-hydrogen) atoms. The molecule has 0 heterocycles. The first-order valence-electron chi connectivity index (χ1n) is 4.48. The second kappa shape index (κ2) is 0.627. The first kappa shape index (κ1) is 3.41. The van der Waals surface area contributed by atoms with E-state index in [1.165, 1.54) is 47.3 Å². The summed E-state index contributed by atoms with van der Waals surface area (Å²) in [5.41, 5.74) is 0. The molecule has 6 fully saturated rings. The molecule has 6 aliphatic rings. The van der Waals surface area contributed by atoms with Crippen molar-refractivity contribution >= 4 is 0 Å². The second-order valence-electron chi connectivity index (χ2n) is 5.03. The van der Waals surface area contributed by atoms with Crippen LogP contribution in [-0.2, 0) is 0 Å². The van der Waals surface area contributed by atoms with Gasteiger partial charge < -0.3 is 0 Å². The molecule has 6 rings (SSSR count). The fourth-order valence-electron chi connectivity index (χ4n) is 5.22. The molecular weight excluding hydrogens is 108 g/mol. The highest BCUT2D eigenvalue weighted by Gasteiger charge is 2.90. The van der Waals surface area contributed by atoms with E-state index in [1.807, 2.05) is 0 Å². The zero-order chi connectivity index (χ0) is 5.33. The zero-order valence-corrected chi connectivity index (χ0v) is 5.33. The predicted molar refractivity (Wildman–Crippen MR) is 32.5 cm³/mol. The van der Waals surface area contributed by atoms with Gasteiger partial charge in [0.2, 0.25) is 0 Å². The van der Waals surface area contributed by atoms with E-state index in [-0.39, 0.29) is 0 Å². The molecular formula is C9H10. The molecule has 0 aromatic rings. The minimum Gasteiger partial charge on any atom is -0.0464 e. The molecule has 6 aliphatic carbocycles. The van der Waals surface area contributed by atoms with Gasteiger partial charge in [0.05, 0.1) is 0 Å². The number of rotatable bonds is 0. The molecule has 4 unspecified atom stereocenters. The molecule has 0 amide bonds. The fraction of sp³-hybridized carbons (Fsp3) is 1.00. The maximum Gasteiger partial charge on any atom is -0.0312 e. The molecule has 2 bridgehead atoms. The van der Waals surface area contributed by atoms with Gasteiger partial charge in [0.15, 0.2) is 0 Å². The fourth-order valence-corrected chi connectivity index (χ4v) is 5.22. The number of hydrogen-bond acceptors (Lipinski definition) is 0. The average molecular weight is 118 g/mol. The van der Waals surface area contributed by atoms with Gasteiger partial charge in [0.1, 0.15) is 0 Å². The van der Waals surface area contributed by atoms with Crippen LogP contribution in [0.4, 0.5) is 0 Å². The van der Waals surface area contributed by atoms with E-state index in [2.05, 4.69) is 0 Å². The summed E-state index contributed by atoms with van der Waals surface area (Å²) in [6, 6.07) is 0. The lowest BCUT2D eigenvalue weighted by Gasteiger charge is -2.44. The summed E-state index contributed by atoms with van der Waals surface area (Å²) in [5.74, 6) is 10.5. The van der Waals surface area contributed by atoms with E-state index in [0.717, 1.165) is 0 Å². The van der Waals surface area contributed by atoms with Crippen LogP contribution in [0.5, 0.6) is 0 Å². The van der Waals surface area contributed by atoms with Crippen molar-refractivity contribution < 1.29 is 0 Å². The third-order valence-electron chi connectivity index (χ3n) is 5.35. The van der Waals surface area contributed by atoms with Crippen LogP contribution >= 0.6 is 0 Å². The Balaban J connectivity index is 1.90. The van der Waals surface area contributed by atoms with Crippen LogP contribution in [0.3, 0.4) is 0 Å². The van der Waals surface area contributed by atoms with E-state index in [1.54, 1.807) is 6.42 Å². The Morgan fingerprint density at radius 3 is 1.44 bits per heavy atom. The maximum absolute atomic E-state index is 1.68. The molecule has 6 saturated carbocycles. The van der Waals surface area contributed by atoms with Crippen molar-refractivity contribution in [2.75, 3.05) is 0 Å². The monoisotopic (exact) mass is 118 g/mol. The van der Waals surface area contributed by atoms with Crippen LogP contribution in [0.2, 0.25) is 0 Å². The summed E-state index contributed by atoms with van der Waals surface area (Å²) < 4.78 is 0. The lowest BCUT2D eigenvalue weighted by molar-refractivity contribution is 0.0202. The Morgan fingerprint density at radius 1 is 0.556 bits per heavy atom. The smallest absolute Gasteiger partial charge is 0.0312 e. The van der Waals surface area contributed by atoms with Gasteiger partial charge in [-0.15, -0.1) is 0 Å². The summed E-state index contributed by atoms with van der Waals surface area (Å²) in [5, 5.41) is 0. The topological polar surface area (TPSA) is 0 Å². The van der Waals surface area contributed by atoms with Crippen molar-refractivity contribution in [1.29, 1.82) is 0 Å². The van der Waals surface area contributed by atoms with Gasteiger partial charge in [0, 0.05) is 0 Å². The van der Waals surface area contributed by atoms with Crippen LogP contribution < -0.4 is 0 Å². The summed E-state index contributed by atoms with van der Waals surface area (Å²) in [7, 11) is 0. The van der Waals surface area contributed by atoms with Crippen LogP contribution in [0.1, 0.15) is 6.42 Å². The SMILES string of the molecule is C1C2C3C2C2C4C1C4C32. The summed E-state index contributed by atoms with van der Waals surface area (Å²) in [6.45, 7) is 0. The largest absolute Gasteiger partial charge is 0.0464 e. The van der Waals surface area contributed by atoms with Gasteiger partial charge in [-0.3, -0.25) is 0 Å². The highest BCUT2D eigenvalue weighted by atomic mass is 14.9. The van der Waals surface area contributed by atoms with Crippen LogP contribution in [-0.4, -0.2) is 0 Å². The van der Waals surface area contributed by atoms with Gasteiger partial charge >= 0.3 is 0 Å². The van der Waals surface area contributed by atoms with E-state index in [9.17, 15) is 0 Å². The third kappa shape index (κ3) is 0.149. The summed E-state index contributed by atoms with van der Waals surface area (Å²) >= 11 is 0. The molecule has 0 saturated heterocycles. The van der Waals surface area contributed by atoms with Crippen LogP contribution in [0, 0.1) is 47.3 Å². The standard InChI is InChI=1S/C9H10/c1-2-4-5(2)9-7-3(1)6(7)8(4)9/h2-9H,1H2. The summed E-state index contributed by atoms with van der Waals surface area (Å²) in [6.07, 6.45) is 1.68. The highest BCUT2D eigenvalue weighted by molar-refractivity contribution is 5.37. The lowest BCUT2D eigenvalue weighted by atomic mass is 9.60. The third-order valence-corrected chi connectivity index (χ3v) is 5.35. The van der Waals surface area contributed by atoms with Crippen LogP contribution in [0.25, 0.3) is 0 Å². The van der Waals surface area contributed by atoms with E-state index in [0.29, 0.717) is 0 Å². The van der Waals surface area contributed by atoms with Crippen molar-refractivity contribution in [3.05, 3.63) is 0 Å². The molecule has 0 aromatic heterocycles. The molecule has 0 aromatic carbocycles. The van der Waals surface area contributed by atoms with Gasteiger partial charge in [0.25, 0.3) is 0 Å². The van der Waals surface area contributed by atoms with Gasteiger partial charge in [-0.25, -0.2) is 0 Å². The van der Waals surface area contributed by atoms with Gasteiger partial charge in [-0.2, -0.15) is 0 Å². The van der Waals surface area contributed by atoms with Crippen molar-refractivity contribution in [2.45, 2.75) is 6.42 Å². The quantitative estimate of drug-likeness (QED) is 0.450. The minimum atomic E-state index is 1.29. The number of hydrogen-bond donors (Lipinski definition) is 0. The van der Waals surface area contributed by atoms with E-state index < -0.39 is 0 Å². The Kier molecular flexibility index (Phi) is 0.238. The Morgan fingerprint density at radius 2 is 1.00 bits per heavy atom. The molecule has 4 atom stereocenters. The first-order chi connectivity index (χ1) is 4.48. The Labute approximate surface area is 54.6 Å². The second-order valence-corrected chi connectivity index (χ2v) is 5.03. The Bertz CT molecular complexity index is 175. The molecule has 0 spiro atoms. The predicted octanol–water partition coefficient (Wildman–Crippen LogP) is 1.37. The maximum atomic E-state index is 1.68. The Hall–Kier alpha value is 0.